The molecule has 0 unspecified atom stereocenters. The number of rotatable bonds is 9. The zero-order valence-electron chi connectivity index (χ0n) is 17.3. The Balaban J connectivity index is 1.39. The number of ether oxygens (including phenoxy) is 2. The van der Waals surface area contributed by atoms with Crippen molar-refractivity contribution in [3.05, 3.63) is 53.6 Å². The summed E-state index contributed by atoms with van der Waals surface area (Å²) in [7, 11) is -1.91. The van der Waals surface area contributed by atoms with Crippen LogP contribution in [0.4, 0.5) is 5.69 Å². The van der Waals surface area contributed by atoms with E-state index in [9.17, 15) is 13.2 Å². The molecule has 1 aliphatic rings. The van der Waals surface area contributed by atoms with E-state index in [1.807, 2.05) is 24.3 Å². The van der Waals surface area contributed by atoms with Gasteiger partial charge in [-0.1, -0.05) is 17.7 Å². The third-order valence-electron chi connectivity index (χ3n) is 4.92. The van der Waals surface area contributed by atoms with Crippen molar-refractivity contribution < 1.29 is 22.7 Å². The zero-order chi connectivity index (χ0) is 22.3. The first-order valence-corrected chi connectivity index (χ1v) is 11.9. The number of methoxy groups -OCH3 is 1. The second kappa shape index (κ2) is 10.7. The molecule has 1 fully saturated rings. The van der Waals surface area contributed by atoms with Crippen LogP contribution in [0.1, 0.15) is 0 Å². The van der Waals surface area contributed by atoms with Gasteiger partial charge in [0.15, 0.2) is 6.61 Å². The van der Waals surface area contributed by atoms with Crippen molar-refractivity contribution >= 4 is 33.2 Å². The van der Waals surface area contributed by atoms with Gasteiger partial charge in [0.1, 0.15) is 11.5 Å². The summed E-state index contributed by atoms with van der Waals surface area (Å²) in [4.78, 5) is 14.1. The fourth-order valence-electron chi connectivity index (χ4n) is 3.22. The molecule has 0 saturated carbocycles. The Morgan fingerprint density at radius 3 is 2.42 bits per heavy atom. The number of carbonyl (C=O) groups is 1. The number of anilines is 1. The Morgan fingerprint density at radius 2 is 1.74 bits per heavy atom. The highest BCUT2D eigenvalue weighted by atomic mass is 35.5. The zero-order valence-corrected chi connectivity index (χ0v) is 18.9. The Hall–Kier alpha value is -2.49. The number of benzene rings is 2. The van der Waals surface area contributed by atoms with Gasteiger partial charge in [-0.2, -0.15) is 4.31 Å². The molecular formula is C21H26ClN3O5S. The largest absolute Gasteiger partial charge is 0.497 e. The lowest BCUT2D eigenvalue weighted by Gasteiger charge is -2.35. The molecular weight excluding hydrogens is 442 g/mol. The summed E-state index contributed by atoms with van der Waals surface area (Å²) in [6.45, 7) is 1.83. The van der Waals surface area contributed by atoms with Gasteiger partial charge in [0.05, 0.1) is 12.9 Å². The van der Waals surface area contributed by atoms with E-state index in [1.54, 1.807) is 31.4 Å². The summed E-state index contributed by atoms with van der Waals surface area (Å²) >= 11 is 5.92. The van der Waals surface area contributed by atoms with Crippen LogP contribution in [0.15, 0.2) is 48.5 Å². The molecule has 0 bridgehead atoms. The number of carbonyl (C=O) groups excluding carboxylic acids is 1. The van der Waals surface area contributed by atoms with Gasteiger partial charge in [-0.15, -0.1) is 0 Å². The smallest absolute Gasteiger partial charge is 0.257 e. The van der Waals surface area contributed by atoms with Crippen LogP contribution in [0.5, 0.6) is 11.5 Å². The molecule has 31 heavy (non-hydrogen) atoms. The lowest BCUT2D eigenvalue weighted by Crippen LogP contribution is -2.50. The number of piperazine rings is 1. The van der Waals surface area contributed by atoms with Gasteiger partial charge >= 0.3 is 0 Å². The van der Waals surface area contributed by atoms with Gasteiger partial charge < -0.3 is 19.7 Å². The fraction of sp³-hybridized carbons (Fsp3) is 0.381. The summed E-state index contributed by atoms with van der Waals surface area (Å²) in [6.07, 6.45) is 0. The van der Waals surface area contributed by atoms with Crippen molar-refractivity contribution in [2.75, 3.05) is 57.1 Å². The molecule has 0 aromatic heterocycles. The van der Waals surface area contributed by atoms with E-state index < -0.39 is 10.0 Å². The van der Waals surface area contributed by atoms with Crippen LogP contribution in [-0.4, -0.2) is 70.8 Å². The number of hydrogen-bond acceptors (Lipinski definition) is 6. The lowest BCUT2D eigenvalue weighted by atomic mass is 10.2. The molecule has 0 aliphatic carbocycles. The van der Waals surface area contributed by atoms with Gasteiger partial charge in [-0.25, -0.2) is 8.42 Å². The first kappa shape index (κ1) is 23.2. The van der Waals surface area contributed by atoms with Crippen LogP contribution >= 0.6 is 11.6 Å². The van der Waals surface area contributed by atoms with Gasteiger partial charge in [0.25, 0.3) is 5.91 Å². The summed E-state index contributed by atoms with van der Waals surface area (Å²) in [5, 5.41) is 3.26. The van der Waals surface area contributed by atoms with Crippen LogP contribution in [0, 0.1) is 0 Å². The predicted octanol–water partition coefficient (Wildman–Crippen LogP) is 2.00. The van der Waals surface area contributed by atoms with Crippen LogP contribution in [0.3, 0.4) is 0 Å². The Morgan fingerprint density at radius 1 is 1.06 bits per heavy atom. The molecule has 0 spiro atoms. The molecule has 2 aromatic carbocycles. The molecule has 168 valence electrons. The minimum atomic E-state index is -3.45. The third kappa shape index (κ3) is 6.75. The maximum Gasteiger partial charge on any atom is 0.257 e. The van der Waals surface area contributed by atoms with Crippen molar-refractivity contribution in [1.29, 1.82) is 0 Å². The molecule has 0 radical (unpaired) electrons. The van der Waals surface area contributed by atoms with Crippen molar-refractivity contribution in [3.8, 4) is 11.5 Å². The molecule has 8 nitrogen and oxygen atoms in total. The normalized spacial score (nSPS) is 14.8. The van der Waals surface area contributed by atoms with Crippen molar-refractivity contribution in [2.45, 2.75) is 0 Å². The fourth-order valence-corrected chi connectivity index (χ4v) is 4.68. The molecule has 2 aromatic rings. The second-order valence-electron chi connectivity index (χ2n) is 7.00. The minimum absolute atomic E-state index is 0.0278. The highest BCUT2D eigenvalue weighted by molar-refractivity contribution is 7.89. The van der Waals surface area contributed by atoms with Crippen molar-refractivity contribution in [3.63, 3.8) is 0 Å². The van der Waals surface area contributed by atoms with E-state index in [2.05, 4.69) is 10.2 Å². The van der Waals surface area contributed by atoms with E-state index in [1.165, 1.54) is 4.31 Å². The Labute approximate surface area is 187 Å². The number of sulfonamides is 1. The topological polar surface area (TPSA) is 88.2 Å². The van der Waals surface area contributed by atoms with Crippen LogP contribution < -0.4 is 19.7 Å². The van der Waals surface area contributed by atoms with E-state index >= 15 is 0 Å². The molecule has 1 amide bonds. The SMILES string of the molecule is COc1cccc(OCC(=O)NCCS(=O)(=O)N2CCN(c3ccc(Cl)cc3)CC2)c1. The van der Waals surface area contributed by atoms with E-state index in [0.29, 0.717) is 42.7 Å². The van der Waals surface area contributed by atoms with Gasteiger partial charge in [-0.3, -0.25) is 4.79 Å². The summed E-state index contributed by atoms with van der Waals surface area (Å²) < 4.78 is 37.2. The predicted molar refractivity (Wildman–Crippen MR) is 121 cm³/mol. The van der Waals surface area contributed by atoms with E-state index in [-0.39, 0.29) is 24.8 Å². The highest BCUT2D eigenvalue weighted by Gasteiger charge is 2.26. The number of halogens is 1. The molecule has 1 N–H and O–H groups in total. The van der Waals surface area contributed by atoms with Gasteiger partial charge in [-0.05, 0) is 36.4 Å². The van der Waals surface area contributed by atoms with Crippen molar-refractivity contribution in [1.82, 2.24) is 9.62 Å². The Bertz CT molecular complexity index is 977. The van der Waals surface area contributed by atoms with Gasteiger partial charge in [0, 0.05) is 49.5 Å². The molecule has 1 heterocycles. The average Bonchev–Trinajstić information content (AvgIpc) is 2.78. The van der Waals surface area contributed by atoms with Crippen LogP contribution in [0.2, 0.25) is 5.02 Å². The lowest BCUT2D eigenvalue weighted by molar-refractivity contribution is -0.122. The standard InChI is InChI=1S/C21H26ClN3O5S/c1-29-19-3-2-4-20(15-19)30-16-21(26)23-9-14-31(27,28)25-12-10-24(11-13-25)18-7-5-17(22)6-8-18/h2-8,15H,9-14,16H2,1H3,(H,23,26). The maximum atomic E-state index is 12.6. The van der Waals surface area contributed by atoms with Gasteiger partial charge in [0.2, 0.25) is 10.0 Å². The summed E-state index contributed by atoms with van der Waals surface area (Å²) in [6, 6.07) is 14.4. The van der Waals surface area contributed by atoms with E-state index in [4.69, 9.17) is 21.1 Å². The minimum Gasteiger partial charge on any atom is -0.497 e. The van der Waals surface area contributed by atoms with E-state index in [0.717, 1.165) is 5.69 Å². The summed E-state index contributed by atoms with van der Waals surface area (Å²) in [5.41, 5.74) is 1.02. The summed E-state index contributed by atoms with van der Waals surface area (Å²) in [5.74, 6) is 0.588. The molecule has 1 saturated heterocycles. The molecule has 0 atom stereocenters. The van der Waals surface area contributed by atoms with Crippen LogP contribution in [-0.2, 0) is 14.8 Å². The first-order valence-electron chi connectivity index (χ1n) is 9.89. The number of amides is 1. The van der Waals surface area contributed by atoms with Crippen molar-refractivity contribution in [2.24, 2.45) is 0 Å². The quantitative estimate of drug-likeness (QED) is 0.606. The molecule has 3 rings (SSSR count). The monoisotopic (exact) mass is 467 g/mol. The maximum absolute atomic E-state index is 12.6. The van der Waals surface area contributed by atoms with Crippen LogP contribution in [0.25, 0.3) is 0 Å². The third-order valence-corrected chi connectivity index (χ3v) is 7.04. The average molecular weight is 468 g/mol. The number of nitrogens with zero attached hydrogens (tertiary/aromatic N) is 2. The first-order chi connectivity index (χ1) is 14.9. The number of hydrogen-bond donors (Lipinski definition) is 1. The number of nitrogens with one attached hydrogen (secondary N) is 1. The molecule has 1 aliphatic heterocycles. The molecule has 10 heteroatoms. The second-order valence-corrected chi connectivity index (χ2v) is 9.52. The Kier molecular flexibility index (Phi) is 8.00. The highest BCUT2D eigenvalue weighted by Crippen LogP contribution is 2.20.